The molecule has 3 fully saturated rings. The molecule has 0 nitrogen and oxygen atoms in total. The predicted octanol–water partition coefficient (Wildman–Crippen LogP) is 5.75. The van der Waals surface area contributed by atoms with Gasteiger partial charge in [-0.05, 0) is 85.9 Å². The van der Waals surface area contributed by atoms with Crippen molar-refractivity contribution in [2.24, 2.45) is 34.5 Å². The fourth-order valence-electron chi connectivity index (χ4n) is 6.98. The molecule has 0 heterocycles. The van der Waals surface area contributed by atoms with E-state index >= 15 is 0 Å². The third kappa shape index (κ3) is 1.49. The fourth-order valence-corrected chi connectivity index (χ4v) is 6.98. The molecule has 4 aliphatic rings. The highest BCUT2D eigenvalue weighted by Crippen LogP contribution is 2.67. The summed E-state index contributed by atoms with van der Waals surface area (Å²) in [5.74, 6) is 3.79. The molecule has 6 atom stereocenters. The first-order valence-electron chi connectivity index (χ1n) is 8.91. The zero-order chi connectivity index (χ0) is 14.0. The Morgan fingerprint density at radius 3 is 2.75 bits per heavy atom. The molecule has 0 N–H and O–H groups in total. The second-order valence-electron chi connectivity index (χ2n) is 8.57. The van der Waals surface area contributed by atoms with E-state index in [1.165, 1.54) is 51.4 Å². The van der Waals surface area contributed by atoms with Crippen LogP contribution in [0.4, 0.5) is 0 Å². The third-order valence-corrected chi connectivity index (χ3v) is 8.15. The largest absolute Gasteiger partial charge is 0.103 e. The van der Waals surface area contributed by atoms with Gasteiger partial charge in [-0.15, -0.1) is 6.58 Å². The zero-order valence-corrected chi connectivity index (χ0v) is 13.3. The summed E-state index contributed by atoms with van der Waals surface area (Å²) in [6.07, 6.45) is 16.4. The minimum atomic E-state index is 0.580. The molecule has 0 bridgehead atoms. The van der Waals surface area contributed by atoms with Crippen LogP contribution in [0.5, 0.6) is 0 Å². The van der Waals surface area contributed by atoms with Crippen molar-refractivity contribution in [3.8, 4) is 0 Å². The van der Waals surface area contributed by atoms with E-state index in [0.717, 1.165) is 23.7 Å². The fraction of sp³-hybridized carbons (Fsp3) is 0.800. The van der Waals surface area contributed by atoms with Crippen LogP contribution in [0.1, 0.15) is 65.2 Å². The molecule has 6 unspecified atom stereocenters. The second kappa shape index (κ2) is 4.24. The predicted molar refractivity (Wildman–Crippen MR) is 85.4 cm³/mol. The standard InChI is InChI=1S/C20H30/c1-4-14-8-10-17-16-9-7-15-6-5-12-19(15,2)18(16)11-13-20(14,17)3/h4,6,14,16-18H,1,5,7-13H2,2-3H3. The molecule has 110 valence electrons. The minimum absolute atomic E-state index is 0.580. The van der Waals surface area contributed by atoms with Crippen LogP contribution in [0, 0.1) is 34.5 Å². The van der Waals surface area contributed by atoms with Gasteiger partial charge in [0.05, 0.1) is 0 Å². The number of fused-ring (bicyclic) bond motifs is 5. The molecular weight excluding hydrogens is 240 g/mol. The van der Waals surface area contributed by atoms with E-state index in [0.29, 0.717) is 10.8 Å². The molecule has 0 amide bonds. The molecule has 0 aliphatic heterocycles. The van der Waals surface area contributed by atoms with Crippen molar-refractivity contribution in [3.05, 3.63) is 24.3 Å². The molecule has 0 saturated heterocycles. The lowest BCUT2D eigenvalue weighted by atomic mass is 9.48. The summed E-state index contributed by atoms with van der Waals surface area (Å²) >= 11 is 0. The topological polar surface area (TPSA) is 0 Å². The van der Waals surface area contributed by atoms with Crippen LogP contribution >= 0.6 is 0 Å². The van der Waals surface area contributed by atoms with Crippen molar-refractivity contribution in [2.45, 2.75) is 65.2 Å². The summed E-state index contributed by atoms with van der Waals surface area (Å²) < 4.78 is 0. The summed E-state index contributed by atoms with van der Waals surface area (Å²) in [4.78, 5) is 0. The van der Waals surface area contributed by atoms with Crippen LogP contribution < -0.4 is 0 Å². The Kier molecular flexibility index (Phi) is 2.79. The summed E-state index contributed by atoms with van der Waals surface area (Å²) in [6.45, 7) is 9.34. The summed E-state index contributed by atoms with van der Waals surface area (Å²) in [6, 6.07) is 0. The lowest BCUT2D eigenvalue weighted by Crippen LogP contribution is -2.48. The van der Waals surface area contributed by atoms with Gasteiger partial charge in [0.2, 0.25) is 0 Å². The average Bonchev–Trinajstić information content (AvgIpc) is 2.97. The van der Waals surface area contributed by atoms with Crippen molar-refractivity contribution in [1.29, 1.82) is 0 Å². The smallest absolute Gasteiger partial charge is 0.00825 e. The van der Waals surface area contributed by atoms with Crippen LogP contribution in [0.3, 0.4) is 0 Å². The number of allylic oxidation sites excluding steroid dienone is 3. The molecule has 0 aromatic carbocycles. The molecule has 0 aromatic heterocycles. The van der Waals surface area contributed by atoms with Gasteiger partial charge in [-0.3, -0.25) is 0 Å². The van der Waals surface area contributed by atoms with Gasteiger partial charge < -0.3 is 0 Å². The molecule has 20 heavy (non-hydrogen) atoms. The molecule has 0 heteroatoms. The van der Waals surface area contributed by atoms with Crippen molar-refractivity contribution in [3.63, 3.8) is 0 Å². The first kappa shape index (κ1) is 13.2. The Balaban J connectivity index is 1.68. The SMILES string of the molecule is C=CC1CCC2C3CCC4=CCCC4(C)C3CCC12C. The van der Waals surface area contributed by atoms with E-state index in [1.54, 1.807) is 0 Å². The Morgan fingerprint density at radius 2 is 1.95 bits per heavy atom. The van der Waals surface area contributed by atoms with Crippen LogP contribution in [0.15, 0.2) is 24.3 Å². The Morgan fingerprint density at radius 1 is 1.10 bits per heavy atom. The lowest BCUT2D eigenvalue weighted by molar-refractivity contribution is -0.0390. The number of rotatable bonds is 1. The second-order valence-corrected chi connectivity index (χ2v) is 8.57. The number of hydrogen-bond acceptors (Lipinski definition) is 0. The third-order valence-electron chi connectivity index (χ3n) is 8.15. The molecule has 4 aliphatic carbocycles. The van der Waals surface area contributed by atoms with E-state index in [-0.39, 0.29) is 0 Å². The first-order chi connectivity index (χ1) is 9.59. The molecule has 4 rings (SSSR count). The minimum Gasteiger partial charge on any atom is -0.103 e. The van der Waals surface area contributed by atoms with Crippen molar-refractivity contribution in [1.82, 2.24) is 0 Å². The van der Waals surface area contributed by atoms with Gasteiger partial charge in [0.25, 0.3) is 0 Å². The van der Waals surface area contributed by atoms with Crippen molar-refractivity contribution in [2.75, 3.05) is 0 Å². The lowest BCUT2D eigenvalue weighted by Gasteiger charge is -2.56. The Labute approximate surface area is 124 Å². The summed E-state index contributed by atoms with van der Waals surface area (Å²) in [5, 5.41) is 0. The van der Waals surface area contributed by atoms with Crippen molar-refractivity contribution < 1.29 is 0 Å². The van der Waals surface area contributed by atoms with Crippen LogP contribution in [-0.4, -0.2) is 0 Å². The summed E-state index contributed by atoms with van der Waals surface area (Å²) in [5.41, 5.74) is 3.00. The van der Waals surface area contributed by atoms with Crippen LogP contribution in [-0.2, 0) is 0 Å². The normalized spacial score (nSPS) is 53.8. The van der Waals surface area contributed by atoms with E-state index in [9.17, 15) is 0 Å². The van der Waals surface area contributed by atoms with Gasteiger partial charge in [0, 0.05) is 0 Å². The van der Waals surface area contributed by atoms with E-state index in [4.69, 9.17) is 0 Å². The highest BCUT2D eigenvalue weighted by molar-refractivity contribution is 5.26. The van der Waals surface area contributed by atoms with Gasteiger partial charge in [0.1, 0.15) is 0 Å². The monoisotopic (exact) mass is 270 g/mol. The molecular formula is C20H30. The molecule has 0 aromatic rings. The Hall–Kier alpha value is -0.520. The van der Waals surface area contributed by atoms with Gasteiger partial charge in [-0.25, -0.2) is 0 Å². The molecule has 0 radical (unpaired) electrons. The number of hydrogen-bond donors (Lipinski definition) is 0. The maximum absolute atomic E-state index is 4.14. The van der Waals surface area contributed by atoms with E-state index < -0.39 is 0 Å². The molecule has 0 spiro atoms. The Bertz CT molecular complexity index is 459. The quantitative estimate of drug-likeness (QED) is 0.532. The average molecular weight is 270 g/mol. The maximum Gasteiger partial charge on any atom is -0.00825 e. The van der Waals surface area contributed by atoms with Crippen LogP contribution in [0.25, 0.3) is 0 Å². The first-order valence-corrected chi connectivity index (χ1v) is 8.91. The van der Waals surface area contributed by atoms with E-state index in [2.05, 4.69) is 32.6 Å². The maximum atomic E-state index is 4.14. The van der Waals surface area contributed by atoms with Gasteiger partial charge in [-0.2, -0.15) is 0 Å². The highest BCUT2D eigenvalue weighted by Gasteiger charge is 2.58. The summed E-state index contributed by atoms with van der Waals surface area (Å²) in [7, 11) is 0. The zero-order valence-electron chi connectivity index (χ0n) is 13.3. The van der Waals surface area contributed by atoms with Gasteiger partial charge in [0.15, 0.2) is 0 Å². The van der Waals surface area contributed by atoms with Crippen molar-refractivity contribution >= 4 is 0 Å². The molecule has 3 saturated carbocycles. The van der Waals surface area contributed by atoms with Crippen LogP contribution in [0.2, 0.25) is 0 Å². The van der Waals surface area contributed by atoms with E-state index in [1.807, 2.05) is 5.57 Å². The van der Waals surface area contributed by atoms with Gasteiger partial charge in [-0.1, -0.05) is 31.6 Å². The van der Waals surface area contributed by atoms with Gasteiger partial charge >= 0.3 is 0 Å². The highest BCUT2D eigenvalue weighted by atomic mass is 14.6.